The Labute approximate surface area is 146 Å². The Balaban J connectivity index is 1.87. The topological polar surface area (TPSA) is 113 Å². The van der Waals surface area contributed by atoms with Crippen molar-refractivity contribution in [2.24, 2.45) is 0 Å². The SMILES string of the molecule is CC(=O)Nc1ccc(NC(=O)CC(=O)N(C)C2CCS(=O)(=O)C2)cc1. The van der Waals surface area contributed by atoms with E-state index in [1.165, 1.54) is 18.9 Å². The van der Waals surface area contributed by atoms with Crippen LogP contribution in [0.5, 0.6) is 0 Å². The molecule has 1 aromatic carbocycles. The van der Waals surface area contributed by atoms with Gasteiger partial charge in [-0.15, -0.1) is 0 Å². The molecule has 25 heavy (non-hydrogen) atoms. The molecule has 0 radical (unpaired) electrons. The van der Waals surface area contributed by atoms with Crippen molar-refractivity contribution in [1.82, 2.24) is 4.90 Å². The number of sulfone groups is 1. The van der Waals surface area contributed by atoms with Crippen LogP contribution in [0.15, 0.2) is 24.3 Å². The van der Waals surface area contributed by atoms with Crippen LogP contribution in [0.25, 0.3) is 0 Å². The summed E-state index contributed by atoms with van der Waals surface area (Å²) in [6.07, 6.45) is 0.0390. The van der Waals surface area contributed by atoms with E-state index in [4.69, 9.17) is 0 Å². The Bertz CT molecular complexity index is 773. The first-order valence-corrected chi connectivity index (χ1v) is 9.62. The maximum Gasteiger partial charge on any atom is 0.233 e. The van der Waals surface area contributed by atoms with Crippen molar-refractivity contribution in [1.29, 1.82) is 0 Å². The van der Waals surface area contributed by atoms with Gasteiger partial charge in [0.2, 0.25) is 17.7 Å². The van der Waals surface area contributed by atoms with E-state index in [-0.39, 0.29) is 29.9 Å². The van der Waals surface area contributed by atoms with Crippen LogP contribution in [0.1, 0.15) is 19.8 Å². The zero-order chi connectivity index (χ0) is 18.6. The fraction of sp³-hybridized carbons (Fsp3) is 0.438. The zero-order valence-electron chi connectivity index (χ0n) is 14.1. The molecular formula is C16H21N3O5S. The monoisotopic (exact) mass is 367 g/mol. The van der Waals surface area contributed by atoms with E-state index >= 15 is 0 Å². The highest BCUT2D eigenvalue weighted by Gasteiger charge is 2.33. The number of benzene rings is 1. The Morgan fingerprint density at radius 1 is 1.12 bits per heavy atom. The van der Waals surface area contributed by atoms with Crippen molar-refractivity contribution in [3.8, 4) is 0 Å². The van der Waals surface area contributed by atoms with Gasteiger partial charge in [0.25, 0.3) is 0 Å². The van der Waals surface area contributed by atoms with Crippen LogP contribution >= 0.6 is 0 Å². The predicted octanol–water partition coefficient (Wildman–Crippen LogP) is 0.619. The lowest BCUT2D eigenvalue weighted by Gasteiger charge is -2.23. The molecule has 2 rings (SSSR count). The highest BCUT2D eigenvalue weighted by molar-refractivity contribution is 7.91. The zero-order valence-corrected chi connectivity index (χ0v) is 14.9. The minimum absolute atomic E-state index is 0.0541. The second-order valence-corrected chi connectivity index (χ2v) is 8.27. The van der Waals surface area contributed by atoms with E-state index in [1.807, 2.05) is 0 Å². The van der Waals surface area contributed by atoms with Crippen LogP contribution in [0.2, 0.25) is 0 Å². The highest BCUT2D eigenvalue weighted by Crippen LogP contribution is 2.18. The number of hydrogen-bond acceptors (Lipinski definition) is 5. The van der Waals surface area contributed by atoms with Crippen LogP contribution in [0, 0.1) is 0 Å². The van der Waals surface area contributed by atoms with Gasteiger partial charge in [0.1, 0.15) is 6.42 Å². The Kier molecular flexibility index (Phi) is 5.78. The van der Waals surface area contributed by atoms with Gasteiger partial charge in [-0.05, 0) is 30.7 Å². The van der Waals surface area contributed by atoms with Crippen LogP contribution in [0.3, 0.4) is 0 Å². The highest BCUT2D eigenvalue weighted by atomic mass is 32.2. The van der Waals surface area contributed by atoms with E-state index < -0.39 is 21.7 Å². The minimum atomic E-state index is -3.09. The Hall–Kier alpha value is -2.42. The number of rotatable bonds is 5. The van der Waals surface area contributed by atoms with E-state index in [1.54, 1.807) is 24.3 Å². The minimum Gasteiger partial charge on any atom is -0.341 e. The van der Waals surface area contributed by atoms with Gasteiger partial charge in [-0.25, -0.2) is 8.42 Å². The maximum atomic E-state index is 12.1. The third-order valence-electron chi connectivity index (χ3n) is 3.95. The quantitative estimate of drug-likeness (QED) is 0.741. The van der Waals surface area contributed by atoms with Gasteiger partial charge in [0.05, 0.1) is 11.5 Å². The largest absolute Gasteiger partial charge is 0.341 e. The third-order valence-corrected chi connectivity index (χ3v) is 5.70. The van der Waals surface area contributed by atoms with Gasteiger partial charge < -0.3 is 15.5 Å². The number of hydrogen-bond donors (Lipinski definition) is 2. The molecule has 1 aromatic rings. The first-order chi connectivity index (χ1) is 11.7. The van der Waals surface area contributed by atoms with Gasteiger partial charge in [0, 0.05) is 31.4 Å². The average molecular weight is 367 g/mol. The fourth-order valence-corrected chi connectivity index (χ4v) is 4.37. The van der Waals surface area contributed by atoms with Gasteiger partial charge in [-0.3, -0.25) is 14.4 Å². The predicted molar refractivity (Wildman–Crippen MR) is 93.8 cm³/mol. The van der Waals surface area contributed by atoms with Gasteiger partial charge in [-0.1, -0.05) is 0 Å². The summed E-state index contributed by atoms with van der Waals surface area (Å²) in [5.41, 5.74) is 1.10. The van der Waals surface area contributed by atoms with Crippen LogP contribution in [-0.2, 0) is 24.2 Å². The number of carbonyl (C=O) groups excluding carboxylic acids is 3. The van der Waals surface area contributed by atoms with E-state index in [2.05, 4.69) is 10.6 Å². The number of carbonyl (C=O) groups is 3. The molecule has 0 saturated carbocycles. The molecule has 8 nitrogen and oxygen atoms in total. The molecule has 2 N–H and O–H groups in total. The lowest BCUT2D eigenvalue weighted by molar-refractivity contribution is -0.134. The van der Waals surface area contributed by atoms with Crippen molar-refractivity contribution in [2.75, 3.05) is 29.2 Å². The van der Waals surface area contributed by atoms with Crippen molar-refractivity contribution in [2.45, 2.75) is 25.8 Å². The first kappa shape index (κ1) is 18.9. The van der Waals surface area contributed by atoms with Crippen LogP contribution in [0.4, 0.5) is 11.4 Å². The molecule has 1 aliphatic rings. The third kappa shape index (κ3) is 5.56. The lowest BCUT2D eigenvalue weighted by atomic mass is 10.2. The van der Waals surface area contributed by atoms with Crippen molar-refractivity contribution >= 4 is 38.9 Å². The molecule has 1 unspecified atom stereocenters. The lowest BCUT2D eigenvalue weighted by Crippen LogP contribution is -2.39. The summed E-state index contributed by atoms with van der Waals surface area (Å²) in [5.74, 6) is -1.08. The fourth-order valence-electron chi connectivity index (χ4n) is 2.59. The summed E-state index contributed by atoms with van der Waals surface area (Å²) in [6, 6.07) is 6.12. The molecule has 1 atom stereocenters. The van der Waals surface area contributed by atoms with Crippen molar-refractivity contribution in [3.05, 3.63) is 24.3 Å². The van der Waals surface area contributed by atoms with Crippen LogP contribution in [-0.4, -0.2) is 55.6 Å². The molecular weight excluding hydrogens is 346 g/mol. The summed E-state index contributed by atoms with van der Waals surface area (Å²) in [6.45, 7) is 1.40. The molecule has 1 fully saturated rings. The summed E-state index contributed by atoms with van der Waals surface area (Å²) in [7, 11) is -1.57. The van der Waals surface area contributed by atoms with E-state index in [0.717, 1.165) is 0 Å². The molecule has 136 valence electrons. The summed E-state index contributed by atoms with van der Waals surface area (Å²) in [5, 5.41) is 5.21. The molecule has 0 bridgehead atoms. The molecule has 0 aliphatic carbocycles. The van der Waals surface area contributed by atoms with E-state index in [9.17, 15) is 22.8 Å². The first-order valence-electron chi connectivity index (χ1n) is 7.80. The summed E-state index contributed by atoms with van der Waals surface area (Å²) < 4.78 is 23.0. The molecule has 0 aromatic heterocycles. The van der Waals surface area contributed by atoms with Gasteiger partial charge in [0.15, 0.2) is 9.84 Å². The number of anilines is 2. The molecule has 3 amide bonds. The maximum absolute atomic E-state index is 12.1. The normalized spacial score (nSPS) is 18.4. The molecule has 9 heteroatoms. The molecule has 1 aliphatic heterocycles. The van der Waals surface area contributed by atoms with Gasteiger partial charge >= 0.3 is 0 Å². The van der Waals surface area contributed by atoms with E-state index in [0.29, 0.717) is 17.8 Å². The van der Waals surface area contributed by atoms with Crippen molar-refractivity contribution in [3.63, 3.8) is 0 Å². The number of nitrogens with one attached hydrogen (secondary N) is 2. The van der Waals surface area contributed by atoms with Gasteiger partial charge in [-0.2, -0.15) is 0 Å². The summed E-state index contributed by atoms with van der Waals surface area (Å²) in [4.78, 5) is 36.4. The van der Waals surface area contributed by atoms with Crippen LogP contribution < -0.4 is 10.6 Å². The number of nitrogens with zero attached hydrogens (tertiary/aromatic N) is 1. The smallest absolute Gasteiger partial charge is 0.233 e. The molecule has 1 heterocycles. The average Bonchev–Trinajstić information content (AvgIpc) is 2.88. The molecule has 1 saturated heterocycles. The Morgan fingerprint density at radius 2 is 1.68 bits per heavy atom. The second-order valence-electron chi connectivity index (χ2n) is 6.04. The Morgan fingerprint density at radius 3 is 2.16 bits per heavy atom. The van der Waals surface area contributed by atoms with Crippen molar-refractivity contribution < 1.29 is 22.8 Å². The standard InChI is InChI=1S/C16H21N3O5S/c1-11(20)17-12-3-5-13(6-4-12)18-15(21)9-16(22)19(2)14-7-8-25(23,24)10-14/h3-6,14H,7-10H2,1-2H3,(H,17,20)(H,18,21). The molecule has 0 spiro atoms. The number of amides is 3. The second kappa shape index (κ2) is 7.64. The summed E-state index contributed by atoms with van der Waals surface area (Å²) >= 11 is 0.